The smallest absolute Gasteiger partial charge is 0.249 e. The maximum atomic E-state index is 12.9. The van der Waals surface area contributed by atoms with Crippen LogP contribution in [0.15, 0.2) is 48.7 Å². The first-order valence-corrected chi connectivity index (χ1v) is 7.76. The molecule has 0 saturated heterocycles. The number of benzene rings is 2. The van der Waals surface area contributed by atoms with Crippen LogP contribution in [0.2, 0.25) is 10.0 Å². The molecular formula is C16H12Cl2FN5. The van der Waals surface area contributed by atoms with Crippen molar-refractivity contribution < 1.29 is 4.39 Å². The van der Waals surface area contributed by atoms with Gasteiger partial charge >= 0.3 is 0 Å². The predicted octanol–water partition coefficient (Wildman–Crippen LogP) is 4.67. The lowest BCUT2D eigenvalue weighted by Gasteiger charge is -2.09. The number of halogens is 3. The van der Waals surface area contributed by atoms with Crippen LogP contribution in [0.25, 0.3) is 0 Å². The van der Waals surface area contributed by atoms with E-state index in [1.165, 1.54) is 18.3 Å². The van der Waals surface area contributed by atoms with Gasteiger partial charge in [-0.1, -0.05) is 41.4 Å². The van der Waals surface area contributed by atoms with Crippen molar-refractivity contribution in [2.45, 2.75) is 6.54 Å². The molecule has 3 aromatic rings. The largest absolute Gasteiger partial charge is 0.365 e. The minimum Gasteiger partial charge on any atom is -0.365 e. The van der Waals surface area contributed by atoms with E-state index < -0.39 is 0 Å². The van der Waals surface area contributed by atoms with Crippen molar-refractivity contribution in [2.24, 2.45) is 0 Å². The molecule has 0 unspecified atom stereocenters. The normalized spacial score (nSPS) is 10.5. The van der Waals surface area contributed by atoms with Crippen LogP contribution in [0.4, 0.5) is 21.8 Å². The van der Waals surface area contributed by atoms with Gasteiger partial charge in [0.2, 0.25) is 5.95 Å². The van der Waals surface area contributed by atoms with Crippen molar-refractivity contribution in [1.29, 1.82) is 0 Å². The summed E-state index contributed by atoms with van der Waals surface area (Å²) in [5.41, 5.74) is 1.50. The molecule has 3 rings (SSSR count). The summed E-state index contributed by atoms with van der Waals surface area (Å²) in [4.78, 5) is 4.30. The second-order valence-corrected chi connectivity index (χ2v) is 5.66. The number of nitrogens with zero attached hydrogens (tertiary/aromatic N) is 3. The van der Waals surface area contributed by atoms with Crippen LogP contribution in [0, 0.1) is 5.82 Å². The fourth-order valence-electron chi connectivity index (χ4n) is 1.96. The minimum atomic E-state index is -0.271. The van der Waals surface area contributed by atoms with Crippen molar-refractivity contribution in [3.63, 3.8) is 0 Å². The van der Waals surface area contributed by atoms with Crippen LogP contribution in [0.3, 0.4) is 0 Å². The van der Waals surface area contributed by atoms with E-state index in [0.717, 1.165) is 5.56 Å². The fraction of sp³-hybridized carbons (Fsp3) is 0.0625. The van der Waals surface area contributed by atoms with Gasteiger partial charge in [0, 0.05) is 6.54 Å². The zero-order chi connectivity index (χ0) is 16.9. The van der Waals surface area contributed by atoms with E-state index in [2.05, 4.69) is 25.8 Å². The third kappa shape index (κ3) is 4.10. The Hall–Kier alpha value is -2.44. The Balaban J connectivity index is 1.69. The highest BCUT2D eigenvalue weighted by Crippen LogP contribution is 2.30. The summed E-state index contributed by atoms with van der Waals surface area (Å²) in [5.74, 6) is 0.533. The quantitative estimate of drug-likeness (QED) is 0.689. The highest BCUT2D eigenvalue weighted by Gasteiger charge is 2.07. The monoisotopic (exact) mass is 363 g/mol. The predicted molar refractivity (Wildman–Crippen MR) is 93.3 cm³/mol. The molecule has 0 bridgehead atoms. The molecule has 1 aromatic heterocycles. The van der Waals surface area contributed by atoms with Gasteiger partial charge in [0.15, 0.2) is 5.82 Å². The molecular weight excluding hydrogens is 352 g/mol. The standard InChI is InChI=1S/C16H12Cl2FN5/c17-12-2-1-3-13(15(12)18)22-16-23-14(9-21-24-16)20-8-10-4-6-11(19)7-5-10/h1-7,9H,8H2,(H2,20,22,23,24). The van der Waals surface area contributed by atoms with Gasteiger partial charge in [0.05, 0.1) is 21.9 Å². The van der Waals surface area contributed by atoms with E-state index in [9.17, 15) is 4.39 Å². The Morgan fingerprint density at radius 3 is 2.62 bits per heavy atom. The lowest BCUT2D eigenvalue weighted by molar-refractivity contribution is 0.627. The first-order chi connectivity index (χ1) is 11.6. The molecule has 0 amide bonds. The topological polar surface area (TPSA) is 62.7 Å². The van der Waals surface area contributed by atoms with Gasteiger partial charge in [-0.3, -0.25) is 0 Å². The first-order valence-electron chi connectivity index (χ1n) is 7.01. The maximum Gasteiger partial charge on any atom is 0.249 e. The van der Waals surface area contributed by atoms with Gasteiger partial charge < -0.3 is 10.6 Å². The molecule has 0 aliphatic rings. The number of nitrogens with one attached hydrogen (secondary N) is 2. The van der Waals surface area contributed by atoms with Crippen LogP contribution in [0.5, 0.6) is 0 Å². The maximum absolute atomic E-state index is 12.9. The molecule has 8 heteroatoms. The molecule has 24 heavy (non-hydrogen) atoms. The highest BCUT2D eigenvalue weighted by atomic mass is 35.5. The van der Waals surface area contributed by atoms with Gasteiger partial charge in [-0.15, -0.1) is 5.10 Å². The van der Waals surface area contributed by atoms with E-state index in [0.29, 0.717) is 28.1 Å². The molecule has 122 valence electrons. The van der Waals surface area contributed by atoms with Crippen molar-refractivity contribution in [1.82, 2.24) is 15.2 Å². The second kappa shape index (κ2) is 7.42. The van der Waals surface area contributed by atoms with Gasteiger partial charge in [-0.2, -0.15) is 10.1 Å². The summed E-state index contributed by atoms with van der Waals surface area (Å²) in [6.45, 7) is 0.482. The Morgan fingerprint density at radius 2 is 1.83 bits per heavy atom. The Labute approximate surface area is 147 Å². The molecule has 0 saturated carbocycles. The fourth-order valence-corrected chi connectivity index (χ4v) is 2.31. The number of rotatable bonds is 5. The number of anilines is 3. The lowest BCUT2D eigenvalue weighted by Crippen LogP contribution is -2.06. The van der Waals surface area contributed by atoms with Crippen LogP contribution >= 0.6 is 23.2 Å². The molecule has 0 aliphatic carbocycles. The number of hydrogen-bond acceptors (Lipinski definition) is 5. The second-order valence-electron chi connectivity index (χ2n) is 4.87. The molecule has 0 fully saturated rings. The zero-order valence-electron chi connectivity index (χ0n) is 12.3. The minimum absolute atomic E-state index is 0.271. The summed E-state index contributed by atoms with van der Waals surface area (Å²) >= 11 is 12.1. The van der Waals surface area contributed by atoms with E-state index in [1.807, 2.05) is 0 Å². The number of hydrogen-bond donors (Lipinski definition) is 2. The molecule has 5 nitrogen and oxygen atoms in total. The van der Waals surface area contributed by atoms with Crippen molar-refractivity contribution in [3.05, 3.63) is 70.1 Å². The van der Waals surface area contributed by atoms with Crippen LogP contribution in [-0.2, 0) is 6.54 Å². The van der Waals surface area contributed by atoms with Crippen molar-refractivity contribution >= 4 is 40.7 Å². The molecule has 0 spiro atoms. The van der Waals surface area contributed by atoms with E-state index in [1.54, 1.807) is 30.3 Å². The molecule has 2 aromatic carbocycles. The average Bonchev–Trinajstić information content (AvgIpc) is 2.59. The summed E-state index contributed by atoms with van der Waals surface area (Å²) < 4.78 is 12.9. The average molecular weight is 364 g/mol. The zero-order valence-corrected chi connectivity index (χ0v) is 13.8. The van der Waals surface area contributed by atoms with Crippen LogP contribution in [0.1, 0.15) is 5.56 Å². The van der Waals surface area contributed by atoms with Crippen LogP contribution < -0.4 is 10.6 Å². The van der Waals surface area contributed by atoms with Crippen molar-refractivity contribution in [2.75, 3.05) is 10.6 Å². The SMILES string of the molecule is Fc1ccc(CNc2cnnc(Nc3cccc(Cl)c3Cl)n2)cc1. The summed E-state index contributed by atoms with van der Waals surface area (Å²) in [7, 11) is 0. The summed E-state index contributed by atoms with van der Waals surface area (Å²) in [5, 5.41) is 14.7. The first kappa shape index (κ1) is 16.4. The molecule has 2 N–H and O–H groups in total. The lowest BCUT2D eigenvalue weighted by atomic mass is 10.2. The summed E-state index contributed by atoms with van der Waals surface area (Å²) in [6, 6.07) is 11.4. The number of aromatic nitrogens is 3. The van der Waals surface area contributed by atoms with Gasteiger partial charge in [0.25, 0.3) is 0 Å². The Kier molecular flexibility index (Phi) is 5.08. The third-order valence-electron chi connectivity index (χ3n) is 3.14. The third-order valence-corrected chi connectivity index (χ3v) is 3.96. The molecule has 0 atom stereocenters. The Bertz CT molecular complexity index is 842. The molecule has 1 heterocycles. The van der Waals surface area contributed by atoms with Gasteiger partial charge in [-0.25, -0.2) is 4.39 Å². The highest BCUT2D eigenvalue weighted by molar-refractivity contribution is 6.43. The Morgan fingerprint density at radius 1 is 1.04 bits per heavy atom. The van der Waals surface area contributed by atoms with E-state index >= 15 is 0 Å². The van der Waals surface area contributed by atoms with Crippen molar-refractivity contribution in [3.8, 4) is 0 Å². The van der Waals surface area contributed by atoms with E-state index in [4.69, 9.17) is 23.2 Å². The summed E-state index contributed by atoms with van der Waals surface area (Å²) in [6.07, 6.45) is 1.49. The van der Waals surface area contributed by atoms with Crippen LogP contribution in [-0.4, -0.2) is 15.2 Å². The molecule has 0 radical (unpaired) electrons. The van der Waals surface area contributed by atoms with Gasteiger partial charge in [0.1, 0.15) is 5.82 Å². The van der Waals surface area contributed by atoms with E-state index in [-0.39, 0.29) is 11.8 Å². The molecule has 0 aliphatic heterocycles. The van der Waals surface area contributed by atoms with Gasteiger partial charge in [-0.05, 0) is 29.8 Å².